The zero-order chi connectivity index (χ0) is 14.7. The molecule has 0 spiro atoms. The molecule has 2 atom stereocenters. The monoisotopic (exact) mass is 277 g/mol. The fraction of sp³-hybridized carbons (Fsp3) is 0.400. The molecular formula is C15H20FN3O. The van der Waals surface area contributed by atoms with Gasteiger partial charge in [0, 0.05) is 30.9 Å². The summed E-state index contributed by atoms with van der Waals surface area (Å²) in [6.45, 7) is 3.71. The van der Waals surface area contributed by atoms with E-state index < -0.39 is 0 Å². The van der Waals surface area contributed by atoms with Crippen molar-refractivity contribution in [3.8, 4) is 5.75 Å². The lowest BCUT2D eigenvalue weighted by molar-refractivity contribution is 0.170. The van der Waals surface area contributed by atoms with E-state index in [-0.39, 0.29) is 18.0 Å². The Bertz CT molecular complexity index is 582. The quantitative estimate of drug-likeness (QED) is 0.914. The molecule has 20 heavy (non-hydrogen) atoms. The third-order valence-corrected chi connectivity index (χ3v) is 3.32. The van der Waals surface area contributed by atoms with Crippen LogP contribution in [0, 0.1) is 12.7 Å². The Kier molecular flexibility index (Phi) is 4.39. The van der Waals surface area contributed by atoms with Gasteiger partial charge >= 0.3 is 0 Å². The van der Waals surface area contributed by atoms with Crippen molar-refractivity contribution in [3.63, 3.8) is 0 Å². The molecule has 0 fully saturated rings. The van der Waals surface area contributed by atoms with Crippen LogP contribution in [-0.4, -0.2) is 15.8 Å². The zero-order valence-corrected chi connectivity index (χ0v) is 12.0. The molecule has 0 saturated carbocycles. The lowest BCUT2D eigenvalue weighted by atomic mass is 10.0. The summed E-state index contributed by atoms with van der Waals surface area (Å²) in [7, 11) is 1.84. The largest absolute Gasteiger partial charge is 0.484 e. The smallest absolute Gasteiger partial charge is 0.142 e. The van der Waals surface area contributed by atoms with Gasteiger partial charge in [-0.15, -0.1) is 0 Å². The zero-order valence-electron chi connectivity index (χ0n) is 12.0. The van der Waals surface area contributed by atoms with Gasteiger partial charge < -0.3 is 10.5 Å². The molecule has 1 aromatic heterocycles. The van der Waals surface area contributed by atoms with Gasteiger partial charge in [-0.25, -0.2) is 4.39 Å². The highest BCUT2D eigenvalue weighted by Crippen LogP contribution is 2.26. The number of halogens is 1. The summed E-state index contributed by atoms with van der Waals surface area (Å²) in [6.07, 6.45) is 4.01. The summed E-state index contributed by atoms with van der Waals surface area (Å²) in [5.41, 5.74) is 7.60. The molecule has 1 aromatic carbocycles. The van der Waals surface area contributed by atoms with Crippen molar-refractivity contribution >= 4 is 0 Å². The summed E-state index contributed by atoms with van der Waals surface area (Å²) in [4.78, 5) is 0. The summed E-state index contributed by atoms with van der Waals surface area (Å²) >= 11 is 0. The van der Waals surface area contributed by atoms with E-state index in [2.05, 4.69) is 5.10 Å². The minimum Gasteiger partial charge on any atom is -0.484 e. The fourth-order valence-corrected chi connectivity index (χ4v) is 2.00. The number of aryl methyl sites for hydroxylation is 2. The van der Waals surface area contributed by atoms with Crippen molar-refractivity contribution in [1.82, 2.24) is 9.78 Å². The van der Waals surface area contributed by atoms with Gasteiger partial charge in [-0.1, -0.05) is 13.0 Å². The number of nitrogens with two attached hydrogens (primary N) is 1. The lowest BCUT2D eigenvalue weighted by Crippen LogP contribution is -2.31. The van der Waals surface area contributed by atoms with Gasteiger partial charge in [-0.3, -0.25) is 4.68 Å². The lowest BCUT2D eigenvalue weighted by Gasteiger charge is -2.23. The molecule has 0 bridgehead atoms. The maximum absolute atomic E-state index is 13.6. The molecule has 5 heteroatoms. The first-order valence-electron chi connectivity index (χ1n) is 6.68. The van der Waals surface area contributed by atoms with Crippen molar-refractivity contribution in [2.75, 3.05) is 0 Å². The van der Waals surface area contributed by atoms with E-state index in [4.69, 9.17) is 10.5 Å². The maximum atomic E-state index is 13.6. The van der Waals surface area contributed by atoms with E-state index in [1.165, 1.54) is 6.07 Å². The van der Waals surface area contributed by atoms with Crippen LogP contribution >= 0.6 is 0 Å². The molecular weight excluding hydrogens is 257 g/mol. The van der Waals surface area contributed by atoms with Crippen molar-refractivity contribution in [1.29, 1.82) is 0 Å². The Balaban J connectivity index is 2.25. The maximum Gasteiger partial charge on any atom is 0.142 e. The highest BCUT2D eigenvalue weighted by Gasteiger charge is 2.22. The van der Waals surface area contributed by atoms with Crippen molar-refractivity contribution in [2.45, 2.75) is 32.4 Å². The van der Waals surface area contributed by atoms with Crippen molar-refractivity contribution < 1.29 is 9.13 Å². The number of rotatable bonds is 5. The SMILES string of the molecule is CCC(N)C(Oc1ccc(C)c(F)c1)c1cnn(C)c1. The topological polar surface area (TPSA) is 53.1 Å². The number of nitrogens with zero attached hydrogens (tertiary/aromatic N) is 2. The van der Waals surface area contributed by atoms with Gasteiger partial charge in [0.2, 0.25) is 0 Å². The molecule has 1 heterocycles. The fourth-order valence-electron chi connectivity index (χ4n) is 2.00. The second-order valence-corrected chi connectivity index (χ2v) is 4.97. The molecule has 2 unspecified atom stereocenters. The molecule has 0 aliphatic rings. The number of ether oxygens (including phenoxy) is 1. The van der Waals surface area contributed by atoms with Gasteiger partial charge in [-0.05, 0) is 25.0 Å². The summed E-state index contributed by atoms with van der Waals surface area (Å²) in [5, 5.41) is 4.13. The first-order valence-corrected chi connectivity index (χ1v) is 6.68. The van der Waals surface area contributed by atoms with E-state index in [9.17, 15) is 4.39 Å². The van der Waals surface area contributed by atoms with Gasteiger partial charge in [0.25, 0.3) is 0 Å². The van der Waals surface area contributed by atoms with Gasteiger partial charge in [-0.2, -0.15) is 5.10 Å². The summed E-state index contributed by atoms with van der Waals surface area (Å²) in [5.74, 6) is 0.198. The normalized spacial score (nSPS) is 14.1. The second kappa shape index (κ2) is 6.05. The molecule has 108 valence electrons. The third-order valence-electron chi connectivity index (χ3n) is 3.32. The molecule has 0 saturated heterocycles. The van der Waals surface area contributed by atoms with Gasteiger partial charge in [0.1, 0.15) is 17.7 Å². The minimum atomic E-state index is -0.337. The van der Waals surface area contributed by atoms with E-state index >= 15 is 0 Å². The van der Waals surface area contributed by atoms with Crippen LogP contribution in [0.4, 0.5) is 4.39 Å². The van der Waals surface area contributed by atoms with Crippen LogP contribution in [0.25, 0.3) is 0 Å². The number of aromatic nitrogens is 2. The molecule has 2 N–H and O–H groups in total. The van der Waals surface area contributed by atoms with Crippen LogP contribution in [0.2, 0.25) is 0 Å². The number of hydrogen-bond acceptors (Lipinski definition) is 3. The number of benzene rings is 1. The highest BCUT2D eigenvalue weighted by molar-refractivity contribution is 5.29. The highest BCUT2D eigenvalue weighted by atomic mass is 19.1. The summed E-state index contributed by atoms with van der Waals surface area (Å²) < 4.78 is 21.2. The predicted octanol–water partition coefficient (Wildman–Crippen LogP) is 2.73. The van der Waals surface area contributed by atoms with Crippen LogP contribution in [0.3, 0.4) is 0 Å². The Labute approximate surface area is 118 Å². The van der Waals surface area contributed by atoms with Crippen LogP contribution in [0.15, 0.2) is 30.6 Å². The average molecular weight is 277 g/mol. The first kappa shape index (κ1) is 14.5. The Hall–Kier alpha value is -1.88. The molecule has 0 aliphatic carbocycles. The predicted molar refractivity (Wildman–Crippen MR) is 76.0 cm³/mol. The van der Waals surface area contributed by atoms with Crippen molar-refractivity contribution in [2.24, 2.45) is 12.8 Å². The first-order chi connectivity index (χ1) is 9.51. The Morgan fingerprint density at radius 2 is 2.20 bits per heavy atom. The van der Waals surface area contributed by atoms with E-state index in [1.54, 1.807) is 29.9 Å². The van der Waals surface area contributed by atoms with Gasteiger partial charge in [0.05, 0.1) is 6.20 Å². The molecule has 4 nitrogen and oxygen atoms in total. The molecule has 2 rings (SSSR count). The van der Waals surface area contributed by atoms with E-state index in [0.29, 0.717) is 11.3 Å². The summed E-state index contributed by atoms with van der Waals surface area (Å²) in [6, 6.07) is 4.66. The van der Waals surface area contributed by atoms with E-state index in [1.807, 2.05) is 20.2 Å². The Morgan fingerprint density at radius 3 is 2.75 bits per heavy atom. The van der Waals surface area contributed by atoms with Crippen LogP contribution in [0.5, 0.6) is 5.75 Å². The van der Waals surface area contributed by atoms with Crippen LogP contribution in [0.1, 0.15) is 30.6 Å². The van der Waals surface area contributed by atoms with Crippen molar-refractivity contribution in [3.05, 3.63) is 47.5 Å². The molecule has 0 amide bonds. The van der Waals surface area contributed by atoms with Crippen LogP contribution < -0.4 is 10.5 Å². The molecule has 2 aromatic rings. The standard InChI is InChI=1S/C15H20FN3O/c1-4-14(17)15(11-8-18-19(3)9-11)20-12-6-5-10(2)13(16)7-12/h5-9,14-15H,4,17H2,1-3H3. The molecule has 0 radical (unpaired) electrons. The Morgan fingerprint density at radius 1 is 1.45 bits per heavy atom. The third kappa shape index (κ3) is 3.17. The minimum absolute atomic E-state index is 0.177. The average Bonchev–Trinajstić information content (AvgIpc) is 2.85. The second-order valence-electron chi connectivity index (χ2n) is 4.97. The number of hydrogen-bond donors (Lipinski definition) is 1. The van der Waals surface area contributed by atoms with E-state index in [0.717, 1.165) is 12.0 Å². The van der Waals surface area contributed by atoms with Gasteiger partial charge in [0.15, 0.2) is 0 Å². The molecule has 0 aliphatic heterocycles. The van der Waals surface area contributed by atoms with Crippen LogP contribution in [-0.2, 0) is 7.05 Å².